The van der Waals surface area contributed by atoms with Crippen LogP contribution in [-0.4, -0.2) is 44.8 Å². The number of carbonyl (C=O) groups is 1. The molecular weight excluding hydrogens is 334 g/mol. The van der Waals surface area contributed by atoms with Crippen LogP contribution in [0.2, 0.25) is 0 Å². The van der Waals surface area contributed by atoms with E-state index in [1.807, 2.05) is 25.1 Å². The third-order valence-corrected chi connectivity index (χ3v) is 4.28. The van der Waals surface area contributed by atoms with Gasteiger partial charge in [-0.15, -0.1) is 0 Å². The summed E-state index contributed by atoms with van der Waals surface area (Å²) < 4.78 is 21.7. The van der Waals surface area contributed by atoms with Crippen LogP contribution in [0, 0.1) is 0 Å². The first-order chi connectivity index (χ1) is 12.7. The van der Waals surface area contributed by atoms with E-state index >= 15 is 0 Å². The van der Waals surface area contributed by atoms with Gasteiger partial charge in [0.1, 0.15) is 13.2 Å². The minimum Gasteiger partial charge on any atom is -0.493 e. The molecule has 0 N–H and O–H groups in total. The number of fused-ring (bicyclic) bond motifs is 1. The van der Waals surface area contributed by atoms with Crippen molar-refractivity contribution < 1.29 is 23.7 Å². The maximum Gasteiger partial charge on any atom is 0.254 e. The van der Waals surface area contributed by atoms with E-state index in [4.69, 9.17) is 18.9 Å². The number of rotatable bonds is 6. The lowest BCUT2D eigenvalue weighted by Crippen LogP contribution is -2.30. The molecular formula is C20H23NO5. The second kappa shape index (κ2) is 7.99. The van der Waals surface area contributed by atoms with E-state index in [-0.39, 0.29) is 5.91 Å². The topological polar surface area (TPSA) is 57.2 Å². The van der Waals surface area contributed by atoms with Gasteiger partial charge >= 0.3 is 0 Å². The summed E-state index contributed by atoms with van der Waals surface area (Å²) in [6, 6.07) is 11.0. The first-order valence-electron chi connectivity index (χ1n) is 8.56. The molecule has 0 saturated heterocycles. The Hall–Kier alpha value is -2.89. The maximum absolute atomic E-state index is 12.9. The zero-order chi connectivity index (χ0) is 18.5. The molecule has 0 unspecified atom stereocenters. The standard InChI is InChI=1S/C20H23NO5/c1-4-21(13-14-5-7-17-19(11-14)26-10-9-25-17)20(22)15-6-8-16(23-2)18(12-15)24-3/h5-8,11-12H,4,9-10,13H2,1-3H3. The molecule has 0 atom stereocenters. The van der Waals surface area contributed by atoms with Crippen LogP contribution in [0.25, 0.3) is 0 Å². The fourth-order valence-corrected chi connectivity index (χ4v) is 2.89. The lowest BCUT2D eigenvalue weighted by Gasteiger charge is -2.23. The number of ether oxygens (including phenoxy) is 4. The van der Waals surface area contributed by atoms with Crippen molar-refractivity contribution in [2.24, 2.45) is 0 Å². The third kappa shape index (κ3) is 3.69. The summed E-state index contributed by atoms with van der Waals surface area (Å²) in [6.07, 6.45) is 0. The molecule has 0 aliphatic carbocycles. The molecule has 1 aliphatic rings. The molecule has 3 rings (SSSR count). The van der Waals surface area contributed by atoms with Gasteiger partial charge in [0.05, 0.1) is 14.2 Å². The van der Waals surface area contributed by atoms with Crippen molar-refractivity contribution in [1.29, 1.82) is 0 Å². The second-order valence-electron chi connectivity index (χ2n) is 5.87. The number of benzene rings is 2. The normalized spacial score (nSPS) is 12.4. The summed E-state index contributed by atoms with van der Waals surface area (Å²) in [7, 11) is 3.12. The SMILES string of the molecule is CCN(Cc1ccc2c(c1)OCCO2)C(=O)c1ccc(OC)c(OC)c1. The van der Waals surface area contributed by atoms with Crippen molar-refractivity contribution in [2.45, 2.75) is 13.5 Å². The lowest BCUT2D eigenvalue weighted by molar-refractivity contribution is 0.0751. The van der Waals surface area contributed by atoms with E-state index in [9.17, 15) is 4.79 Å². The van der Waals surface area contributed by atoms with Gasteiger partial charge in [0.25, 0.3) is 5.91 Å². The summed E-state index contributed by atoms with van der Waals surface area (Å²) in [5, 5.41) is 0. The first-order valence-corrected chi connectivity index (χ1v) is 8.56. The second-order valence-corrected chi connectivity index (χ2v) is 5.87. The minimum absolute atomic E-state index is 0.0663. The van der Waals surface area contributed by atoms with Gasteiger partial charge in [0.15, 0.2) is 23.0 Å². The molecule has 0 aromatic heterocycles. The van der Waals surface area contributed by atoms with Crippen molar-refractivity contribution in [3.63, 3.8) is 0 Å². The van der Waals surface area contributed by atoms with Crippen LogP contribution in [0.1, 0.15) is 22.8 Å². The predicted octanol–water partition coefficient (Wildman–Crippen LogP) is 3.14. The Kier molecular flexibility index (Phi) is 5.51. The van der Waals surface area contributed by atoms with Gasteiger partial charge in [-0.25, -0.2) is 0 Å². The summed E-state index contributed by atoms with van der Waals surface area (Å²) in [5.74, 6) is 2.54. The molecule has 6 nitrogen and oxygen atoms in total. The lowest BCUT2D eigenvalue weighted by atomic mass is 10.1. The Morgan fingerprint density at radius 3 is 2.42 bits per heavy atom. The average molecular weight is 357 g/mol. The van der Waals surface area contributed by atoms with E-state index in [0.29, 0.717) is 43.4 Å². The molecule has 1 amide bonds. The molecule has 1 aliphatic heterocycles. The zero-order valence-corrected chi connectivity index (χ0v) is 15.3. The van der Waals surface area contributed by atoms with Crippen molar-refractivity contribution in [1.82, 2.24) is 4.90 Å². The zero-order valence-electron chi connectivity index (χ0n) is 15.3. The highest BCUT2D eigenvalue weighted by Crippen LogP contribution is 2.32. The molecule has 0 spiro atoms. The maximum atomic E-state index is 12.9. The number of methoxy groups -OCH3 is 2. The smallest absolute Gasteiger partial charge is 0.254 e. The van der Waals surface area contributed by atoms with Crippen molar-refractivity contribution >= 4 is 5.91 Å². The van der Waals surface area contributed by atoms with Crippen molar-refractivity contribution in [2.75, 3.05) is 34.0 Å². The van der Waals surface area contributed by atoms with Gasteiger partial charge in [0, 0.05) is 18.7 Å². The van der Waals surface area contributed by atoms with E-state index < -0.39 is 0 Å². The van der Waals surface area contributed by atoms with Gasteiger partial charge in [-0.05, 0) is 42.8 Å². The number of hydrogen-bond donors (Lipinski definition) is 0. The Bertz CT molecular complexity index is 790. The van der Waals surface area contributed by atoms with Gasteiger partial charge < -0.3 is 23.8 Å². The summed E-state index contributed by atoms with van der Waals surface area (Å²) >= 11 is 0. The quantitative estimate of drug-likeness (QED) is 0.795. The van der Waals surface area contributed by atoms with Crippen molar-refractivity contribution in [3.05, 3.63) is 47.5 Å². The summed E-state index contributed by atoms with van der Waals surface area (Å²) in [5.41, 5.74) is 1.55. The molecule has 138 valence electrons. The molecule has 0 saturated carbocycles. The Balaban J connectivity index is 1.79. The largest absolute Gasteiger partial charge is 0.493 e. The van der Waals surface area contributed by atoms with Crippen LogP contribution in [0.3, 0.4) is 0 Å². The summed E-state index contributed by atoms with van der Waals surface area (Å²) in [6.45, 7) is 4.13. The van der Waals surface area contributed by atoms with Crippen LogP contribution < -0.4 is 18.9 Å². The van der Waals surface area contributed by atoms with Crippen LogP contribution in [0.15, 0.2) is 36.4 Å². The molecule has 0 bridgehead atoms. The van der Waals surface area contributed by atoms with Crippen LogP contribution in [0.5, 0.6) is 23.0 Å². The van der Waals surface area contributed by atoms with E-state index in [1.165, 1.54) is 0 Å². The number of amides is 1. The van der Waals surface area contributed by atoms with Crippen LogP contribution in [-0.2, 0) is 6.54 Å². The highest BCUT2D eigenvalue weighted by Gasteiger charge is 2.18. The third-order valence-electron chi connectivity index (χ3n) is 4.28. The van der Waals surface area contributed by atoms with Gasteiger partial charge in [-0.1, -0.05) is 6.07 Å². The predicted molar refractivity (Wildman–Crippen MR) is 97.4 cm³/mol. The molecule has 1 heterocycles. The van der Waals surface area contributed by atoms with Crippen LogP contribution >= 0.6 is 0 Å². The van der Waals surface area contributed by atoms with E-state index in [1.54, 1.807) is 37.3 Å². The molecule has 6 heteroatoms. The highest BCUT2D eigenvalue weighted by molar-refractivity contribution is 5.95. The van der Waals surface area contributed by atoms with Crippen LogP contribution in [0.4, 0.5) is 0 Å². The number of nitrogens with zero attached hydrogens (tertiary/aromatic N) is 1. The van der Waals surface area contributed by atoms with Gasteiger partial charge in [0.2, 0.25) is 0 Å². The highest BCUT2D eigenvalue weighted by atomic mass is 16.6. The molecule has 2 aromatic carbocycles. The number of hydrogen-bond acceptors (Lipinski definition) is 5. The summed E-state index contributed by atoms with van der Waals surface area (Å²) in [4.78, 5) is 14.7. The Labute approximate surface area is 153 Å². The molecule has 2 aromatic rings. The fraction of sp³-hybridized carbons (Fsp3) is 0.350. The molecule has 0 fully saturated rings. The minimum atomic E-state index is -0.0663. The first kappa shape index (κ1) is 17.9. The molecule has 26 heavy (non-hydrogen) atoms. The van der Waals surface area contributed by atoms with E-state index in [0.717, 1.165) is 17.1 Å². The number of carbonyl (C=O) groups excluding carboxylic acids is 1. The average Bonchev–Trinajstić information content (AvgIpc) is 2.70. The van der Waals surface area contributed by atoms with E-state index in [2.05, 4.69) is 0 Å². The van der Waals surface area contributed by atoms with Gasteiger partial charge in [-0.2, -0.15) is 0 Å². The van der Waals surface area contributed by atoms with Gasteiger partial charge in [-0.3, -0.25) is 4.79 Å². The molecule has 0 radical (unpaired) electrons. The fourth-order valence-electron chi connectivity index (χ4n) is 2.89. The Morgan fingerprint density at radius 2 is 1.73 bits per heavy atom. The van der Waals surface area contributed by atoms with Crippen molar-refractivity contribution in [3.8, 4) is 23.0 Å². The Morgan fingerprint density at radius 1 is 1.00 bits per heavy atom. The monoisotopic (exact) mass is 357 g/mol.